The zero-order chi connectivity index (χ0) is 4.50. The van der Waals surface area contributed by atoms with Gasteiger partial charge >= 0.3 is 82.9 Å². The Labute approximate surface area is 115 Å². The van der Waals surface area contributed by atoms with Gasteiger partial charge in [0.2, 0.25) is 0 Å². The van der Waals surface area contributed by atoms with Crippen molar-refractivity contribution in [2.75, 3.05) is 0 Å². The van der Waals surface area contributed by atoms with Crippen molar-refractivity contribution in [3.05, 3.63) is 0 Å². The molecule has 0 amide bonds. The van der Waals surface area contributed by atoms with E-state index in [-0.39, 0.29) is 88.9 Å². The van der Waals surface area contributed by atoms with Crippen LogP contribution in [0.3, 0.4) is 0 Å². The Balaban J connectivity index is -0.00000000533. The minimum absolute atomic E-state index is 0. The Morgan fingerprint density at radius 3 is 0.818 bits per heavy atom. The average molecular weight is 240 g/mol. The van der Waals surface area contributed by atoms with Gasteiger partial charge in [-0.25, -0.2) is 0 Å². The SMILES string of the molecule is O=S(=O)(O)O.[Al+3].[Al+3].[Ca+2].[O-2].[O-2].[O-2]. The minimum atomic E-state index is -4.67. The van der Waals surface area contributed by atoms with Crippen molar-refractivity contribution in [3.63, 3.8) is 0 Å². The smallest absolute Gasteiger partial charge is 2.00 e. The van der Waals surface area contributed by atoms with Gasteiger partial charge in [0.1, 0.15) is 0 Å². The maximum absolute atomic E-state index is 8.74. The van der Waals surface area contributed by atoms with Crippen LogP contribution in [0.15, 0.2) is 0 Å². The van der Waals surface area contributed by atoms with E-state index >= 15 is 0 Å². The Kier molecular flexibility index (Phi) is 107. The molecule has 0 aliphatic carbocycles. The molecule has 0 spiro atoms. The van der Waals surface area contributed by atoms with Gasteiger partial charge in [-0.3, -0.25) is 9.11 Å². The molecule has 0 heterocycles. The molecular weight excluding hydrogens is 238 g/mol. The Bertz CT molecular complexity index is 99.6. The van der Waals surface area contributed by atoms with Crippen molar-refractivity contribution < 1.29 is 34.0 Å². The summed E-state index contributed by atoms with van der Waals surface area (Å²) in [7, 11) is -4.67. The molecule has 7 nitrogen and oxygen atoms in total. The van der Waals surface area contributed by atoms with Gasteiger partial charge in [0.15, 0.2) is 0 Å². The fourth-order valence-electron chi connectivity index (χ4n) is 0. The molecule has 0 aromatic rings. The summed E-state index contributed by atoms with van der Waals surface area (Å²) in [6.45, 7) is 0. The molecule has 0 fully saturated rings. The normalized spacial score (nSPS) is 5.27. The zero-order valence-electron chi connectivity index (χ0n) is 5.21. The molecule has 0 saturated heterocycles. The van der Waals surface area contributed by atoms with Crippen LogP contribution >= 0.6 is 0 Å². The van der Waals surface area contributed by atoms with Crippen LogP contribution in [0, 0.1) is 0 Å². The van der Waals surface area contributed by atoms with Gasteiger partial charge in [0.25, 0.3) is 0 Å². The van der Waals surface area contributed by atoms with Crippen molar-refractivity contribution in [2.24, 2.45) is 0 Å². The molecule has 0 atom stereocenters. The summed E-state index contributed by atoms with van der Waals surface area (Å²) in [5.41, 5.74) is 0. The van der Waals surface area contributed by atoms with Gasteiger partial charge < -0.3 is 16.4 Å². The molecule has 11 heteroatoms. The number of hydrogen-bond acceptors (Lipinski definition) is 2. The Morgan fingerprint density at radius 1 is 0.818 bits per heavy atom. The van der Waals surface area contributed by atoms with Gasteiger partial charge in [0, 0.05) is 0 Å². The second-order valence-corrected chi connectivity index (χ2v) is 1.34. The summed E-state index contributed by atoms with van der Waals surface area (Å²) < 4.78 is 31.6. The summed E-state index contributed by atoms with van der Waals surface area (Å²) in [6, 6.07) is 0. The number of hydrogen-bond donors (Lipinski definition) is 2. The molecule has 0 bridgehead atoms. The predicted molar refractivity (Wildman–Crippen MR) is 33.5 cm³/mol. The summed E-state index contributed by atoms with van der Waals surface area (Å²) >= 11 is 0. The second-order valence-electron chi connectivity index (χ2n) is 0.448. The predicted octanol–water partition coefficient (Wildman–Crippen LogP) is -2.15. The van der Waals surface area contributed by atoms with E-state index in [0.717, 1.165) is 0 Å². The van der Waals surface area contributed by atoms with E-state index in [0.29, 0.717) is 0 Å². The third-order valence-corrected chi connectivity index (χ3v) is 0. The molecule has 0 radical (unpaired) electrons. The van der Waals surface area contributed by atoms with E-state index in [1.807, 2.05) is 0 Å². The molecule has 2 N–H and O–H groups in total. The van der Waals surface area contributed by atoms with Crippen LogP contribution in [-0.2, 0) is 26.8 Å². The molecule has 11 heavy (non-hydrogen) atoms. The van der Waals surface area contributed by atoms with Crippen LogP contribution in [0.1, 0.15) is 0 Å². The number of rotatable bonds is 0. The largest absolute Gasteiger partial charge is 3.00 e. The average Bonchev–Trinajstić information content (AvgIpc) is 0.722. The summed E-state index contributed by atoms with van der Waals surface area (Å²) in [6.07, 6.45) is 0. The van der Waals surface area contributed by atoms with E-state index < -0.39 is 10.4 Å². The van der Waals surface area contributed by atoms with Gasteiger partial charge in [0.05, 0.1) is 0 Å². The van der Waals surface area contributed by atoms with Crippen LogP contribution in [0.4, 0.5) is 0 Å². The van der Waals surface area contributed by atoms with Crippen LogP contribution in [0.25, 0.3) is 0 Å². The fraction of sp³-hybridized carbons (Fsp3) is 0. The fourth-order valence-corrected chi connectivity index (χ4v) is 0. The van der Waals surface area contributed by atoms with Gasteiger partial charge in [-0.15, -0.1) is 0 Å². The first-order valence-corrected chi connectivity index (χ1v) is 2.10. The van der Waals surface area contributed by atoms with Crippen molar-refractivity contribution in [3.8, 4) is 0 Å². The van der Waals surface area contributed by atoms with Crippen LogP contribution in [-0.4, -0.2) is 90.0 Å². The molecule has 0 aromatic carbocycles. The first kappa shape index (κ1) is 51.7. The molecule has 0 rings (SSSR count). The molecule has 0 aliphatic heterocycles. The van der Waals surface area contributed by atoms with Crippen LogP contribution in [0.5, 0.6) is 0 Å². The molecule has 56 valence electrons. The molecular formula is H2Al2CaO7S+2. The maximum atomic E-state index is 8.74. The summed E-state index contributed by atoms with van der Waals surface area (Å²) in [4.78, 5) is 0. The molecule has 0 aliphatic rings. The Morgan fingerprint density at radius 2 is 0.818 bits per heavy atom. The third kappa shape index (κ3) is 285. The first-order chi connectivity index (χ1) is 2.00. The standard InChI is InChI=1S/2Al.Ca.H2O4S.3O/c;;;1-5(2,3)4;;;/h;;;(H2,1,2,3,4);;;/q2*+3;+2;;3*-2. The molecule has 0 unspecified atom stereocenters. The third-order valence-electron chi connectivity index (χ3n) is 0. The van der Waals surface area contributed by atoms with E-state index in [1.54, 1.807) is 0 Å². The van der Waals surface area contributed by atoms with Crippen molar-refractivity contribution in [1.29, 1.82) is 0 Å². The van der Waals surface area contributed by atoms with Crippen molar-refractivity contribution in [2.45, 2.75) is 0 Å². The summed E-state index contributed by atoms with van der Waals surface area (Å²) in [5, 5.41) is 0. The van der Waals surface area contributed by atoms with Gasteiger partial charge in [-0.1, -0.05) is 0 Å². The molecule has 0 aromatic heterocycles. The molecule has 0 saturated carbocycles. The maximum Gasteiger partial charge on any atom is 3.00 e. The summed E-state index contributed by atoms with van der Waals surface area (Å²) in [5.74, 6) is 0. The van der Waals surface area contributed by atoms with Crippen LogP contribution < -0.4 is 0 Å². The minimum Gasteiger partial charge on any atom is -2.00 e. The monoisotopic (exact) mass is 240 g/mol. The van der Waals surface area contributed by atoms with E-state index in [1.165, 1.54) is 0 Å². The van der Waals surface area contributed by atoms with Gasteiger partial charge in [-0.2, -0.15) is 8.42 Å². The van der Waals surface area contributed by atoms with Gasteiger partial charge in [-0.05, 0) is 0 Å². The first-order valence-electron chi connectivity index (χ1n) is 0.698. The quantitative estimate of drug-likeness (QED) is 0.364. The van der Waals surface area contributed by atoms with Crippen LogP contribution in [0.2, 0.25) is 0 Å². The zero-order valence-corrected chi connectivity index (χ0v) is 10.5. The topological polar surface area (TPSA) is 160 Å². The van der Waals surface area contributed by atoms with Crippen molar-refractivity contribution in [1.82, 2.24) is 0 Å². The van der Waals surface area contributed by atoms with Crippen molar-refractivity contribution >= 4 is 82.9 Å². The van der Waals surface area contributed by atoms with E-state index in [9.17, 15) is 0 Å². The second kappa shape index (κ2) is 22.7. The van der Waals surface area contributed by atoms with E-state index in [4.69, 9.17) is 17.5 Å². The Hall–Kier alpha value is 2.07. The van der Waals surface area contributed by atoms with E-state index in [2.05, 4.69) is 0 Å².